The molecule has 1 aromatic heterocycles. The van der Waals surface area contributed by atoms with Crippen molar-refractivity contribution in [3.63, 3.8) is 0 Å². The SMILES string of the molecule is Cn1ccc2c1CCN=C2. The normalized spacial score (nSPS) is 15.3. The van der Waals surface area contributed by atoms with E-state index in [9.17, 15) is 0 Å². The summed E-state index contributed by atoms with van der Waals surface area (Å²) in [4.78, 5) is 4.19. The molecule has 0 fully saturated rings. The molecule has 10 heavy (non-hydrogen) atoms. The summed E-state index contributed by atoms with van der Waals surface area (Å²) in [5.74, 6) is 0. The third-order valence-corrected chi connectivity index (χ3v) is 1.94. The van der Waals surface area contributed by atoms with Gasteiger partial charge in [0.2, 0.25) is 0 Å². The smallest absolute Gasteiger partial charge is 0.0444 e. The van der Waals surface area contributed by atoms with Crippen LogP contribution in [-0.2, 0) is 13.5 Å². The van der Waals surface area contributed by atoms with Crippen LogP contribution in [0.2, 0.25) is 0 Å². The number of fused-ring (bicyclic) bond motifs is 1. The highest BCUT2D eigenvalue weighted by Gasteiger charge is 2.06. The Bertz CT molecular complexity index is 271. The van der Waals surface area contributed by atoms with Crippen molar-refractivity contribution < 1.29 is 0 Å². The van der Waals surface area contributed by atoms with Crippen LogP contribution in [0.15, 0.2) is 17.3 Å². The van der Waals surface area contributed by atoms with E-state index in [1.165, 1.54) is 11.3 Å². The second kappa shape index (κ2) is 1.97. The molecule has 2 rings (SSSR count). The largest absolute Gasteiger partial charge is 0.354 e. The van der Waals surface area contributed by atoms with Crippen LogP contribution in [-0.4, -0.2) is 17.3 Å². The number of aryl methyl sites for hydroxylation is 1. The molecule has 0 N–H and O–H groups in total. The quantitative estimate of drug-likeness (QED) is 0.503. The van der Waals surface area contributed by atoms with Crippen LogP contribution in [0.4, 0.5) is 0 Å². The summed E-state index contributed by atoms with van der Waals surface area (Å²) in [6.07, 6.45) is 5.14. The fraction of sp³-hybridized carbons (Fsp3) is 0.375. The first-order valence-corrected chi connectivity index (χ1v) is 3.52. The Morgan fingerprint density at radius 2 is 2.50 bits per heavy atom. The number of hydrogen-bond acceptors (Lipinski definition) is 1. The Morgan fingerprint density at radius 1 is 1.60 bits per heavy atom. The van der Waals surface area contributed by atoms with Crippen molar-refractivity contribution in [3.05, 3.63) is 23.5 Å². The second-order valence-electron chi connectivity index (χ2n) is 2.61. The Labute approximate surface area is 60.2 Å². The molecule has 2 heteroatoms. The zero-order chi connectivity index (χ0) is 6.97. The van der Waals surface area contributed by atoms with Gasteiger partial charge in [0.05, 0.1) is 0 Å². The topological polar surface area (TPSA) is 17.3 Å². The number of nitrogens with zero attached hydrogens (tertiary/aromatic N) is 2. The maximum Gasteiger partial charge on any atom is 0.0444 e. The summed E-state index contributed by atoms with van der Waals surface area (Å²) in [6.45, 7) is 0.949. The number of aliphatic imine (C=N–C) groups is 1. The van der Waals surface area contributed by atoms with Gasteiger partial charge in [0.15, 0.2) is 0 Å². The third kappa shape index (κ3) is 0.685. The van der Waals surface area contributed by atoms with Crippen LogP contribution in [0.1, 0.15) is 11.3 Å². The fourth-order valence-electron chi connectivity index (χ4n) is 1.35. The van der Waals surface area contributed by atoms with Crippen LogP contribution in [0.5, 0.6) is 0 Å². The summed E-state index contributed by atoms with van der Waals surface area (Å²) in [6, 6.07) is 2.11. The van der Waals surface area contributed by atoms with Crippen LogP contribution in [0.3, 0.4) is 0 Å². The van der Waals surface area contributed by atoms with E-state index in [2.05, 4.69) is 28.9 Å². The molecule has 1 aromatic rings. The predicted molar refractivity (Wildman–Crippen MR) is 41.6 cm³/mol. The second-order valence-corrected chi connectivity index (χ2v) is 2.61. The standard InChI is InChI=1S/C8H10N2/c1-10-5-3-7-6-9-4-2-8(7)10/h3,5-6H,2,4H2,1H3. The summed E-state index contributed by atoms with van der Waals surface area (Å²) in [5, 5.41) is 0. The minimum Gasteiger partial charge on any atom is -0.354 e. The molecular formula is C8H10N2. The van der Waals surface area contributed by atoms with Crippen molar-refractivity contribution in [2.75, 3.05) is 6.54 Å². The van der Waals surface area contributed by atoms with Crippen LogP contribution < -0.4 is 0 Å². The number of rotatable bonds is 0. The maximum absolute atomic E-state index is 4.19. The van der Waals surface area contributed by atoms with E-state index in [1.54, 1.807) is 0 Å². The molecule has 0 aromatic carbocycles. The first-order valence-electron chi connectivity index (χ1n) is 3.52. The minimum absolute atomic E-state index is 0.949. The van der Waals surface area contributed by atoms with Crippen molar-refractivity contribution in [2.45, 2.75) is 6.42 Å². The monoisotopic (exact) mass is 134 g/mol. The fourth-order valence-corrected chi connectivity index (χ4v) is 1.35. The molecule has 2 nitrogen and oxygen atoms in total. The molecule has 2 heterocycles. The van der Waals surface area contributed by atoms with Gasteiger partial charge in [0, 0.05) is 43.7 Å². The van der Waals surface area contributed by atoms with E-state index < -0.39 is 0 Å². The Balaban J connectivity index is 2.57. The van der Waals surface area contributed by atoms with Gasteiger partial charge in [-0.2, -0.15) is 0 Å². The average Bonchev–Trinajstić information content (AvgIpc) is 2.34. The molecule has 0 saturated carbocycles. The van der Waals surface area contributed by atoms with Gasteiger partial charge in [-0.15, -0.1) is 0 Å². The molecule has 0 atom stereocenters. The molecule has 0 bridgehead atoms. The average molecular weight is 134 g/mol. The maximum atomic E-state index is 4.19. The summed E-state index contributed by atoms with van der Waals surface area (Å²) in [7, 11) is 2.08. The minimum atomic E-state index is 0.949. The van der Waals surface area contributed by atoms with Gasteiger partial charge in [-0.25, -0.2) is 0 Å². The molecule has 0 unspecified atom stereocenters. The first-order chi connectivity index (χ1) is 4.88. The van der Waals surface area contributed by atoms with Crippen molar-refractivity contribution in [1.29, 1.82) is 0 Å². The molecule has 1 aliphatic rings. The van der Waals surface area contributed by atoms with Crippen molar-refractivity contribution >= 4 is 6.21 Å². The van der Waals surface area contributed by atoms with Gasteiger partial charge in [0.25, 0.3) is 0 Å². The van der Waals surface area contributed by atoms with Gasteiger partial charge >= 0.3 is 0 Å². The third-order valence-electron chi connectivity index (χ3n) is 1.94. The van der Waals surface area contributed by atoms with Crippen molar-refractivity contribution in [2.24, 2.45) is 12.0 Å². The summed E-state index contributed by atoms with van der Waals surface area (Å²) >= 11 is 0. The van der Waals surface area contributed by atoms with Gasteiger partial charge in [-0.3, -0.25) is 4.99 Å². The van der Waals surface area contributed by atoms with Gasteiger partial charge in [-0.05, 0) is 6.07 Å². The zero-order valence-corrected chi connectivity index (χ0v) is 6.04. The van der Waals surface area contributed by atoms with E-state index >= 15 is 0 Å². The summed E-state index contributed by atoms with van der Waals surface area (Å²) in [5.41, 5.74) is 2.70. The van der Waals surface area contributed by atoms with E-state index in [4.69, 9.17) is 0 Å². The van der Waals surface area contributed by atoms with Gasteiger partial charge in [0.1, 0.15) is 0 Å². The Morgan fingerprint density at radius 3 is 3.30 bits per heavy atom. The molecule has 0 saturated heterocycles. The number of hydrogen-bond donors (Lipinski definition) is 0. The van der Waals surface area contributed by atoms with Crippen LogP contribution in [0.25, 0.3) is 0 Å². The lowest BCUT2D eigenvalue weighted by atomic mass is 10.2. The molecule has 1 aliphatic heterocycles. The molecular weight excluding hydrogens is 124 g/mol. The van der Waals surface area contributed by atoms with Gasteiger partial charge < -0.3 is 4.57 Å². The van der Waals surface area contributed by atoms with Crippen LogP contribution in [0, 0.1) is 0 Å². The highest BCUT2D eigenvalue weighted by molar-refractivity contribution is 5.82. The molecule has 0 radical (unpaired) electrons. The highest BCUT2D eigenvalue weighted by Crippen LogP contribution is 2.11. The lowest BCUT2D eigenvalue weighted by molar-refractivity contribution is 0.799. The summed E-state index contributed by atoms with van der Waals surface area (Å²) < 4.78 is 2.17. The van der Waals surface area contributed by atoms with Crippen LogP contribution >= 0.6 is 0 Å². The van der Waals surface area contributed by atoms with E-state index in [0.717, 1.165) is 13.0 Å². The van der Waals surface area contributed by atoms with E-state index in [-0.39, 0.29) is 0 Å². The van der Waals surface area contributed by atoms with Crippen molar-refractivity contribution in [1.82, 2.24) is 4.57 Å². The molecule has 0 spiro atoms. The van der Waals surface area contributed by atoms with E-state index in [1.807, 2.05) is 6.21 Å². The van der Waals surface area contributed by atoms with E-state index in [0.29, 0.717) is 0 Å². The first kappa shape index (κ1) is 5.71. The zero-order valence-electron chi connectivity index (χ0n) is 6.04. The molecule has 0 amide bonds. The molecule has 0 aliphatic carbocycles. The number of aromatic nitrogens is 1. The highest BCUT2D eigenvalue weighted by atomic mass is 14.9. The lowest BCUT2D eigenvalue weighted by Gasteiger charge is -2.06. The Hall–Kier alpha value is -1.05. The lowest BCUT2D eigenvalue weighted by Crippen LogP contribution is -2.05. The molecule has 52 valence electrons. The van der Waals surface area contributed by atoms with Gasteiger partial charge in [-0.1, -0.05) is 0 Å². The van der Waals surface area contributed by atoms with Crippen molar-refractivity contribution in [3.8, 4) is 0 Å². The Kier molecular flexibility index (Phi) is 1.13. The predicted octanol–water partition coefficient (Wildman–Crippen LogP) is 1.00.